The van der Waals surface area contributed by atoms with Gasteiger partial charge in [0, 0.05) is 19.3 Å². The molecule has 0 aliphatic rings. The van der Waals surface area contributed by atoms with E-state index in [2.05, 4.69) is 15.5 Å². The number of nitrogens with one attached hydrogen (secondary N) is 1. The molecule has 158 valence electrons. The fourth-order valence-electron chi connectivity index (χ4n) is 3.13. The minimum atomic E-state index is -0.598. The lowest BCUT2D eigenvalue weighted by Gasteiger charge is -2.06. The Hall–Kier alpha value is -3.72. The fourth-order valence-corrected chi connectivity index (χ4v) is 3.86. The number of aryl methyl sites for hydroxylation is 2. The van der Waals surface area contributed by atoms with Gasteiger partial charge in [0.1, 0.15) is 17.1 Å². The topological polar surface area (TPSA) is 91.0 Å². The Morgan fingerprint density at radius 3 is 2.61 bits per heavy atom. The van der Waals surface area contributed by atoms with Gasteiger partial charge in [0.25, 0.3) is 5.91 Å². The summed E-state index contributed by atoms with van der Waals surface area (Å²) in [6.45, 7) is 1.94. The average Bonchev–Trinajstić information content (AvgIpc) is 3.48. The standard InChI is InChI=1S/C22H21N5O3S/c1-15-11-19(26(2)24-15)23-20(28)14-30-22(29)17-13-27(12-16-7-4-3-5-8-16)25-21(17)18-9-6-10-31-18/h3-11,13H,12,14H2,1-2H3,(H,23,28). The molecule has 0 atom stereocenters. The van der Waals surface area contributed by atoms with Gasteiger partial charge >= 0.3 is 5.97 Å². The third-order valence-electron chi connectivity index (χ3n) is 4.53. The lowest BCUT2D eigenvalue weighted by molar-refractivity contribution is -0.119. The molecule has 3 heterocycles. The first-order valence-electron chi connectivity index (χ1n) is 9.62. The van der Waals surface area contributed by atoms with E-state index in [1.54, 1.807) is 28.7 Å². The Morgan fingerprint density at radius 1 is 1.13 bits per heavy atom. The third-order valence-corrected chi connectivity index (χ3v) is 5.40. The van der Waals surface area contributed by atoms with Crippen molar-refractivity contribution >= 4 is 29.0 Å². The predicted octanol–water partition coefficient (Wildman–Crippen LogP) is 3.50. The quantitative estimate of drug-likeness (QED) is 0.449. The average molecular weight is 436 g/mol. The van der Waals surface area contributed by atoms with E-state index in [4.69, 9.17) is 4.74 Å². The second-order valence-electron chi connectivity index (χ2n) is 6.97. The number of nitrogens with zero attached hydrogens (tertiary/aromatic N) is 4. The molecule has 9 heteroatoms. The zero-order valence-electron chi connectivity index (χ0n) is 17.1. The van der Waals surface area contributed by atoms with E-state index in [1.165, 1.54) is 11.3 Å². The van der Waals surface area contributed by atoms with Crippen molar-refractivity contribution in [2.75, 3.05) is 11.9 Å². The maximum Gasteiger partial charge on any atom is 0.342 e. The van der Waals surface area contributed by atoms with Crippen LogP contribution < -0.4 is 5.32 Å². The van der Waals surface area contributed by atoms with Crippen molar-refractivity contribution in [2.45, 2.75) is 13.5 Å². The van der Waals surface area contributed by atoms with Gasteiger partial charge in [0.15, 0.2) is 6.61 Å². The van der Waals surface area contributed by atoms with Gasteiger partial charge in [-0.1, -0.05) is 36.4 Å². The Kier molecular flexibility index (Phi) is 5.94. The Balaban J connectivity index is 1.48. The second kappa shape index (κ2) is 8.97. The number of anilines is 1. The maximum atomic E-state index is 12.8. The second-order valence-corrected chi connectivity index (χ2v) is 7.92. The van der Waals surface area contributed by atoms with Gasteiger partial charge in [-0.2, -0.15) is 10.2 Å². The van der Waals surface area contributed by atoms with Crippen LogP contribution in [0, 0.1) is 6.92 Å². The van der Waals surface area contributed by atoms with Gasteiger partial charge < -0.3 is 10.1 Å². The molecular weight excluding hydrogens is 414 g/mol. The number of amides is 1. The summed E-state index contributed by atoms with van der Waals surface area (Å²) in [5.74, 6) is -0.502. The molecule has 8 nitrogen and oxygen atoms in total. The van der Waals surface area contributed by atoms with E-state index in [1.807, 2.05) is 54.8 Å². The fraction of sp³-hybridized carbons (Fsp3) is 0.182. The number of hydrogen-bond acceptors (Lipinski definition) is 6. The van der Waals surface area contributed by atoms with Crippen LogP contribution in [0.5, 0.6) is 0 Å². The van der Waals surface area contributed by atoms with Crippen molar-refractivity contribution in [1.82, 2.24) is 19.6 Å². The first-order valence-corrected chi connectivity index (χ1v) is 10.5. The van der Waals surface area contributed by atoms with Gasteiger partial charge in [-0.15, -0.1) is 11.3 Å². The largest absolute Gasteiger partial charge is 0.452 e. The van der Waals surface area contributed by atoms with Crippen LogP contribution in [0.4, 0.5) is 5.82 Å². The number of carbonyl (C=O) groups excluding carboxylic acids is 2. The van der Waals surface area contributed by atoms with E-state index in [-0.39, 0.29) is 0 Å². The first-order chi connectivity index (χ1) is 15.0. The molecule has 4 aromatic rings. The summed E-state index contributed by atoms with van der Waals surface area (Å²) in [6, 6.07) is 15.4. The Morgan fingerprint density at radius 2 is 1.94 bits per heavy atom. The van der Waals surface area contributed by atoms with E-state index in [0.717, 1.165) is 16.1 Å². The van der Waals surface area contributed by atoms with Crippen LogP contribution in [0.1, 0.15) is 21.6 Å². The van der Waals surface area contributed by atoms with Crippen LogP contribution in [-0.4, -0.2) is 38.0 Å². The molecule has 0 radical (unpaired) electrons. The van der Waals surface area contributed by atoms with Crippen molar-refractivity contribution in [3.8, 4) is 10.6 Å². The molecule has 0 unspecified atom stereocenters. The molecule has 31 heavy (non-hydrogen) atoms. The number of carbonyl (C=O) groups is 2. The minimum Gasteiger partial charge on any atom is -0.452 e. The third kappa shape index (κ3) is 4.89. The van der Waals surface area contributed by atoms with Gasteiger partial charge in [0.05, 0.1) is 17.1 Å². The lowest BCUT2D eigenvalue weighted by atomic mass is 10.2. The molecule has 3 aromatic heterocycles. The van der Waals surface area contributed by atoms with Crippen molar-refractivity contribution in [3.05, 3.63) is 76.9 Å². The number of aromatic nitrogens is 4. The highest BCUT2D eigenvalue weighted by Crippen LogP contribution is 2.27. The SMILES string of the molecule is Cc1cc(NC(=O)COC(=O)c2cn(Cc3ccccc3)nc2-c2cccs2)n(C)n1. The molecule has 1 N–H and O–H groups in total. The maximum absolute atomic E-state index is 12.8. The smallest absolute Gasteiger partial charge is 0.342 e. The summed E-state index contributed by atoms with van der Waals surface area (Å²) in [5.41, 5.74) is 2.70. The molecule has 0 spiro atoms. The highest BCUT2D eigenvalue weighted by atomic mass is 32.1. The van der Waals surface area contributed by atoms with Crippen LogP contribution in [-0.2, 0) is 23.1 Å². The van der Waals surface area contributed by atoms with Crippen LogP contribution >= 0.6 is 11.3 Å². The number of thiophene rings is 1. The van der Waals surface area contributed by atoms with Gasteiger partial charge in [-0.25, -0.2) is 4.79 Å². The number of esters is 1. The van der Waals surface area contributed by atoms with Crippen molar-refractivity contribution in [1.29, 1.82) is 0 Å². The molecule has 1 amide bonds. The normalized spacial score (nSPS) is 10.8. The van der Waals surface area contributed by atoms with E-state index in [9.17, 15) is 9.59 Å². The van der Waals surface area contributed by atoms with Crippen LogP contribution in [0.15, 0.2) is 60.1 Å². The molecule has 0 bridgehead atoms. The number of rotatable bonds is 7. The summed E-state index contributed by atoms with van der Waals surface area (Å²) >= 11 is 1.48. The van der Waals surface area contributed by atoms with Crippen molar-refractivity contribution in [3.63, 3.8) is 0 Å². The lowest BCUT2D eigenvalue weighted by Crippen LogP contribution is -2.22. The summed E-state index contributed by atoms with van der Waals surface area (Å²) in [5, 5.41) is 13.4. The summed E-state index contributed by atoms with van der Waals surface area (Å²) < 4.78 is 8.54. The Labute approximate surface area is 183 Å². The van der Waals surface area contributed by atoms with Crippen LogP contribution in [0.3, 0.4) is 0 Å². The molecule has 0 fully saturated rings. The number of ether oxygens (including phenoxy) is 1. The summed E-state index contributed by atoms with van der Waals surface area (Å²) in [6.07, 6.45) is 1.66. The zero-order valence-corrected chi connectivity index (χ0v) is 17.9. The molecule has 4 rings (SSSR count). The van der Waals surface area contributed by atoms with E-state index >= 15 is 0 Å². The first kappa shape index (κ1) is 20.5. The van der Waals surface area contributed by atoms with Gasteiger partial charge in [-0.3, -0.25) is 14.2 Å². The monoisotopic (exact) mass is 435 g/mol. The minimum absolute atomic E-state index is 0.322. The highest BCUT2D eigenvalue weighted by Gasteiger charge is 2.21. The number of benzene rings is 1. The van der Waals surface area contributed by atoms with E-state index < -0.39 is 18.5 Å². The molecular formula is C22H21N5O3S. The van der Waals surface area contributed by atoms with Crippen molar-refractivity contribution < 1.29 is 14.3 Å². The molecule has 0 aliphatic heterocycles. The highest BCUT2D eigenvalue weighted by molar-refractivity contribution is 7.13. The molecule has 0 aliphatic carbocycles. The zero-order chi connectivity index (χ0) is 21.8. The molecule has 1 aromatic carbocycles. The number of hydrogen-bond donors (Lipinski definition) is 1. The molecule has 0 saturated carbocycles. The van der Waals surface area contributed by atoms with Crippen molar-refractivity contribution in [2.24, 2.45) is 7.05 Å². The summed E-state index contributed by atoms with van der Waals surface area (Å²) in [7, 11) is 1.73. The predicted molar refractivity (Wildman–Crippen MR) is 118 cm³/mol. The van der Waals surface area contributed by atoms with Gasteiger partial charge in [-0.05, 0) is 23.9 Å². The molecule has 0 saturated heterocycles. The van der Waals surface area contributed by atoms with Crippen LogP contribution in [0.2, 0.25) is 0 Å². The van der Waals surface area contributed by atoms with E-state index in [0.29, 0.717) is 23.6 Å². The van der Waals surface area contributed by atoms with Gasteiger partial charge in [0.2, 0.25) is 0 Å². The Bertz CT molecular complexity index is 1200. The summed E-state index contributed by atoms with van der Waals surface area (Å²) in [4.78, 5) is 25.9. The van der Waals surface area contributed by atoms with Crippen LogP contribution in [0.25, 0.3) is 10.6 Å².